The minimum Gasteiger partial charge on any atom is -0.381 e. The number of rotatable bonds is 2. The Labute approximate surface area is 165 Å². The van der Waals surface area contributed by atoms with E-state index in [1.54, 1.807) is 17.1 Å². The molecule has 29 heavy (non-hydrogen) atoms. The lowest BCUT2D eigenvalue weighted by Crippen LogP contribution is -2.67. The fourth-order valence-corrected chi connectivity index (χ4v) is 4.22. The summed E-state index contributed by atoms with van der Waals surface area (Å²) in [5.41, 5.74) is -0.524. The van der Waals surface area contributed by atoms with Gasteiger partial charge >= 0.3 is 11.4 Å². The fourth-order valence-electron chi connectivity index (χ4n) is 4.22. The zero-order valence-corrected chi connectivity index (χ0v) is 16.1. The number of allylic oxidation sites excluding steroid dienone is 2. The van der Waals surface area contributed by atoms with Gasteiger partial charge in [0.2, 0.25) is 11.5 Å². The molecule has 0 fully saturated rings. The van der Waals surface area contributed by atoms with E-state index in [4.69, 9.17) is 4.84 Å². The third-order valence-corrected chi connectivity index (χ3v) is 5.66. The number of aromatic nitrogens is 3. The summed E-state index contributed by atoms with van der Waals surface area (Å²) in [5.74, 6) is -0.265. The lowest BCUT2D eigenvalue weighted by Gasteiger charge is -2.48. The van der Waals surface area contributed by atoms with Crippen molar-refractivity contribution in [2.24, 2.45) is 12.2 Å². The van der Waals surface area contributed by atoms with Crippen molar-refractivity contribution in [3.8, 4) is 0 Å². The molecule has 9 nitrogen and oxygen atoms in total. The molecule has 2 bridgehead atoms. The van der Waals surface area contributed by atoms with Crippen molar-refractivity contribution < 1.29 is 9.63 Å². The van der Waals surface area contributed by atoms with E-state index < -0.39 is 29.2 Å². The first-order valence-electron chi connectivity index (χ1n) is 9.26. The van der Waals surface area contributed by atoms with Crippen LogP contribution in [0.5, 0.6) is 0 Å². The van der Waals surface area contributed by atoms with Crippen LogP contribution < -0.4 is 16.3 Å². The Balaban J connectivity index is 1.90. The number of carbonyl (C=O) groups excluding carboxylic acids is 1. The first-order chi connectivity index (χ1) is 13.9. The molecule has 4 aliphatic rings. The van der Waals surface area contributed by atoms with Gasteiger partial charge in [0.15, 0.2) is 11.9 Å². The highest BCUT2D eigenvalue weighted by atomic mass is 16.6. The SMILES string of the molecule is CC(=O)C1=NO[C@@H]2C=C[C@@H]3C=C[C@@]2(N1c1ccc(C)cc1)n1c(=O)n(C)c(=O)n13. The third kappa shape index (κ3) is 2.09. The molecule has 1 aromatic carbocycles. The van der Waals surface area contributed by atoms with Crippen LogP contribution in [0.4, 0.5) is 5.69 Å². The molecule has 6 rings (SSSR count). The van der Waals surface area contributed by atoms with E-state index in [1.807, 2.05) is 43.3 Å². The monoisotopic (exact) mass is 393 g/mol. The molecule has 4 heterocycles. The van der Waals surface area contributed by atoms with E-state index >= 15 is 0 Å². The smallest absolute Gasteiger partial charge is 0.349 e. The number of hydrogen-bond acceptors (Lipinski definition) is 6. The molecular weight excluding hydrogens is 374 g/mol. The van der Waals surface area contributed by atoms with Crippen LogP contribution in [0.3, 0.4) is 0 Å². The van der Waals surface area contributed by atoms with E-state index in [9.17, 15) is 14.4 Å². The summed E-state index contributed by atoms with van der Waals surface area (Å²) in [5, 5.41) is 4.08. The van der Waals surface area contributed by atoms with Gasteiger partial charge in [-0.15, -0.1) is 0 Å². The summed E-state index contributed by atoms with van der Waals surface area (Å²) in [4.78, 5) is 45.9. The number of oxime groups is 1. The van der Waals surface area contributed by atoms with Crippen LogP contribution in [0.25, 0.3) is 0 Å². The Morgan fingerprint density at radius 2 is 1.83 bits per heavy atom. The Bertz CT molecular complexity index is 1240. The standard InChI is InChI=1S/C20H19N5O4/c1-12-4-6-14(7-5-12)23-17(13(2)26)21-29-16-9-8-15-10-11-20(16,23)25-19(28)22(3)18(27)24(15)25/h4-11,15-16H,1-3H3/t15-,16-,20-/m1/s1. The van der Waals surface area contributed by atoms with Crippen LogP contribution in [-0.2, 0) is 22.3 Å². The highest BCUT2D eigenvalue weighted by Crippen LogP contribution is 2.42. The quantitative estimate of drug-likeness (QED) is 0.704. The molecule has 0 N–H and O–H groups in total. The maximum atomic E-state index is 13.2. The number of amidine groups is 1. The average molecular weight is 393 g/mol. The summed E-state index contributed by atoms with van der Waals surface area (Å²) in [6.07, 6.45) is 6.52. The Morgan fingerprint density at radius 1 is 1.10 bits per heavy atom. The Hall–Kier alpha value is -3.62. The molecule has 0 radical (unpaired) electrons. The molecule has 0 saturated carbocycles. The summed E-state index contributed by atoms with van der Waals surface area (Å²) >= 11 is 0. The first-order valence-corrected chi connectivity index (χ1v) is 9.26. The maximum Gasteiger partial charge on any atom is 0.349 e. The maximum absolute atomic E-state index is 13.2. The van der Waals surface area contributed by atoms with E-state index in [-0.39, 0.29) is 11.6 Å². The van der Waals surface area contributed by atoms with Gasteiger partial charge in [0, 0.05) is 19.7 Å². The van der Waals surface area contributed by atoms with Crippen LogP contribution in [-0.4, -0.2) is 31.7 Å². The third-order valence-electron chi connectivity index (χ3n) is 5.66. The van der Waals surface area contributed by atoms with Crippen LogP contribution in [0, 0.1) is 6.92 Å². The summed E-state index contributed by atoms with van der Waals surface area (Å²) in [6, 6.07) is 7.11. The number of benzene rings is 1. The van der Waals surface area contributed by atoms with Gasteiger partial charge in [0.25, 0.3) is 0 Å². The summed E-state index contributed by atoms with van der Waals surface area (Å²) in [6.45, 7) is 3.35. The number of nitrogens with zero attached hydrogens (tertiary/aromatic N) is 5. The normalized spacial score (nSPS) is 26.4. The lowest BCUT2D eigenvalue weighted by atomic mass is 9.96. The predicted octanol–water partition coefficient (Wildman–Crippen LogP) is 0.798. The number of anilines is 1. The molecule has 2 aromatic rings. The van der Waals surface area contributed by atoms with Crippen LogP contribution in [0.15, 0.2) is 63.3 Å². The molecule has 1 aliphatic carbocycles. The summed E-state index contributed by atoms with van der Waals surface area (Å²) < 4.78 is 3.83. The van der Waals surface area contributed by atoms with Crippen molar-refractivity contribution in [3.63, 3.8) is 0 Å². The van der Waals surface area contributed by atoms with Crippen molar-refractivity contribution >= 4 is 17.3 Å². The number of Topliss-reactive ketones (excluding diaryl/α,β-unsaturated/α-hetero) is 1. The van der Waals surface area contributed by atoms with Crippen molar-refractivity contribution in [2.75, 3.05) is 4.90 Å². The average Bonchev–Trinajstić information content (AvgIpc) is 2.87. The van der Waals surface area contributed by atoms with Gasteiger partial charge in [-0.05, 0) is 31.2 Å². The zero-order valence-electron chi connectivity index (χ0n) is 16.1. The number of ketones is 1. The molecule has 3 atom stereocenters. The van der Waals surface area contributed by atoms with Gasteiger partial charge in [0.1, 0.15) is 0 Å². The van der Waals surface area contributed by atoms with Gasteiger partial charge in [-0.1, -0.05) is 35.0 Å². The summed E-state index contributed by atoms with van der Waals surface area (Å²) in [7, 11) is 1.44. The van der Waals surface area contributed by atoms with Crippen molar-refractivity contribution in [1.29, 1.82) is 0 Å². The minimum absolute atomic E-state index is 0.0539. The Morgan fingerprint density at radius 3 is 2.52 bits per heavy atom. The molecule has 0 saturated heterocycles. The van der Waals surface area contributed by atoms with Gasteiger partial charge in [-0.2, -0.15) is 4.68 Å². The van der Waals surface area contributed by atoms with Crippen LogP contribution >= 0.6 is 0 Å². The molecule has 1 spiro atoms. The van der Waals surface area contributed by atoms with Crippen molar-refractivity contribution in [3.05, 3.63) is 75.1 Å². The molecule has 9 heteroatoms. The molecule has 0 amide bonds. The topological polar surface area (TPSA) is 90.8 Å². The molecule has 1 aromatic heterocycles. The van der Waals surface area contributed by atoms with Gasteiger partial charge in [-0.3, -0.25) is 9.69 Å². The van der Waals surface area contributed by atoms with Crippen LogP contribution in [0.1, 0.15) is 18.5 Å². The fraction of sp³-hybridized carbons (Fsp3) is 0.300. The molecule has 148 valence electrons. The van der Waals surface area contributed by atoms with Gasteiger partial charge < -0.3 is 4.84 Å². The minimum atomic E-state index is -1.29. The molecule has 0 unspecified atom stereocenters. The van der Waals surface area contributed by atoms with E-state index in [1.165, 1.54) is 23.3 Å². The predicted molar refractivity (Wildman–Crippen MR) is 106 cm³/mol. The van der Waals surface area contributed by atoms with Crippen molar-refractivity contribution in [2.45, 2.75) is 31.7 Å². The first kappa shape index (κ1) is 17.5. The number of carbonyl (C=O) groups is 1. The zero-order chi connectivity index (χ0) is 20.5. The molecule has 3 aliphatic heterocycles. The Kier molecular flexibility index (Phi) is 3.43. The number of aryl methyl sites for hydroxylation is 1. The van der Waals surface area contributed by atoms with Gasteiger partial charge in [-0.25, -0.2) is 18.8 Å². The van der Waals surface area contributed by atoms with E-state index in [0.29, 0.717) is 5.69 Å². The second kappa shape index (κ2) is 5.69. The lowest BCUT2D eigenvalue weighted by molar-refractivity contribution is -0.112. The highest BCUT2D eigenvalue weighted by Gasteiger charge is 2.56. The largest absolute Gasteiger partial charge is 0.381 e. The number of hydrogen-bond donors (Lipinski definition) is 0. The van der Waals surface area contributed by atoms with E-state index in [2.05, 4.69) is 5.16 Å². The molecular formula is C20H19N5O4. The second-order valence-corrected chi connectivity index (χ2v) is 7.47. The van der Waals surface area contributed by atoms with Crippen LogP contribution in [0.2, 0.25) is 0 Å². The van der Waals surface area contributed by atoms with E-state index in [0.717, 1.165) is 10.1 Å². The van der Waals surface area contributed by atoms with Gasteiger partial charge in [0.05, 0.1) is 6.04 Å². The second-order valence-electron chi connectivity index (χ2n) is 7.47. The highest BCUT2D eigenvalue weighted by molar-refractivity contribution is 6.43. The van der Waals surface area contributed by atoms with Crippen molar-refractivity contribution in [1.82, 2.24) is 13.9 Å².